The molecule has 0 radical (unpaired) electrons. The standard InChI is InChI=1S/C15H20N2O4/c16-10-1-2-12(13(17)7-10)14(18)21-11-3-5-20-15(8-11)4-6-19-9-15/h1-2,7,11H,3-6,8-9,16-17H2. The Bertz CT molecular complexity index is 540. The van der Waals surface area contributed by atoms with Gasteiger partial charge in [-0.15, -0.1) is 0 Å². The molecule has 21 heavy (non-hydrogen) atoms. The third-order valence-electron chi connectivity index (χ3n) is 4.08. The number of rotatable bonds is 2. The van der Waals surface area contributed by atoms with Crippen molar-refractivity contribution in [1.29, 1.82) is 0 Å². The molecule has 6 nitrogen and oxygen atoms in total. The van der Waals surface area contributed by atoms with Gasteiger partial charge in [-0.1, -0.05) is 0 Å². The fourth-order valence-corrected chi connectivity index (χ4v) is 2.93. The first-order chi connectivity index (χ1) is 10.1. The molecule has 0 amide bonds. The van der Waals surface area contributed by atoms with Crippen LogP contribution in [0.2, 0.25) is 0 Å². The Morgan fingerprint density at radius 2 is 2.19 bits per heavy atom. The minimum atomic E-state index is -0.409. The Labute approximate surface area is 123 Å². The van der Waals surface area contributed by atoms with E-state index in [-0.39, 0.29) is 11.7 Å². The molecule has 6 heteroatoms. The number of nitrogen functional groups attached to an aromatic ring is 2. The highest BCUT2D eigenvalue weighted by molar-refractivity contribution is 5.95. The molecule has 4 N–H and O–H groups in total. The summed E-state index contributed by atoms with van der Waals surface area (Å²) in [6.07, 6.45) is 2.06. The van der Waals surface area contributed by atoms with Gasteiger partial charge >= 0.3 is 5.97 Å². The molecule has 0 aliphatic carbocycles. The van der Waals surface area contributed by atoms with Gasteiger partial charge in [-0.3, -0.25) is 0 Å². The molecule has 2 aliphatic rings. The van der Waals surface area contributed by atoms with Gasteiger partial charge in [0.2, 0.25) is 0 Å². The van der Waals surface area contributed by atoms with Crippen LogP contribution in [0, 0.1) is 0 Å². The molecule has 1 aromatic carbocycles. The minimum absolute atomic E-state index is 0.162. The van der Waals surface area contributed by atoms with Crippen LogP contribution in [0.1, 0.15) is 29.6 Å². The average molecular weight is 292 g/mol. The van der Waals surface area contributed by atoms with Crippen LogP contribution in [-0.4, -0.2) is 37.5 Å². The van der Waals surface area contributed by atoms with Crippen molar-refractivity contribution in [3.05, 3.63) is 23.8 Å². The molecule has 2 unspecified atom stereocenters. The van der Waals surface area contributed by atoms with Gasteiger partial charge in [-0.2, -0.15) is 0 Å². The van der Waals surface area contributed by atoms with Crippen molar-refractivity contribution < 1.29 is 19.0 Å². The summed E-state index contributed by atoms with van der Waals surface area (Å²) in [7, 11) is 0. The highest BCUT2D eigenvalue weighted by Gasteiger charge is 2.42. The molecule has 2 heterocycles. The zero-order valence-electron chi connectivity index (χ0n) is 11.8. The largest absolute Gasteiger partial charge is 0.459 e. The topological polar surface area (TPSA) is 96.8 Å². The Hall–Kier alpha value is -1.79. The number of nitrogens with two attached hydrogens (primary N) is 2. The Kier molecular flexibility index (Phi) is 3.73. The maximum atomic E-state index is 12.2. The van der Waals surface area contributed by atoms with Crippen molar-refractivity contribution in [1.82, 2.24) is 0 Å². The molecule has 2 saturated heterocycles. The van der Waals surface area contributed by atoms with E-state index in [0.29, 0.717) is 49.6 Å². The molecule has 0 aromatic heterocycles. The smallest absolute Gasteiger partial charge is 0.340 e. The summed E-state index contributed by atoms with van der Waals surface area (Å²) in [5.74, 6) is -0.409. The molecule has 2 fully saturated rings. The first-order valence-corrected chi connectivity index (χ1v) is 7.16. The zero-order valence-corrected chi connectivity index (χ0v) is 11.8. The van der Waals surface area contributed by atoms with E-state index in [1.165, 1.54) is 0 Å². The van der Waals surface area contributed by atoms with Gasteiger partial charge in [0.05, 0.1) is 24.4 Å². The van der Waals surface area contributed by atoms with Crippen LogP contribution in [0.25, 0.3) is 0 Å². The van der Waals surface area contributed by atoms with Crippen LogP contribution in [-0.2, 0) is 14.2 Å². The van der Waals surface area contributed by atoms with E-state index in [0.717, 1.165) is 6.42 Å². The summed E-state index contributed by atoms with van der Waals surface area (Å²) in [5.41, 5.74) is 12.4. The number of esters is 1. The summed E-state index contributed by atoms with van der Waals surface area (Å²) in [6.45, 7) is 1.86. The van der Waals surface area contributed by atoms with E-state index in [4.69, 9.17) is 25.7 Å². The highest BCUT2D eigenvalue weighted by atomic mass is 16.6. The first-order valence-electron chi connectivity index (χ1n) is 7.16. The molecule has 114 valence electrons. The monoisotopic (exact) mass is 292 g/mol. The average Bonchev–Trinajstić information content (AvgIpc) is 2.86. The van der Waals surface area contributed by atoms with E-state index in [1.807, 2.05) is 0 Å². The molecule has 2 atom stereocenters. The number of hydrogen-bond acceptors (Lipinski definition) is 6. The van der Waals surface area contributed by atoms with Gasteiger partial charge in [0.15, 0.2) is 0 Å². The van der Waals surface area contributed by atoms with E-state index in [1.54, 1.807) is 18.2 Å². The van der Waals surface area contributed by atoms with E-state index < -0.39 is 5.97 Å². The van der Waals surface area contributed by atoms with Gasteiger partial charge in [0.25, 0.3) is 0 Å². The normalized spacial score (nSPS) is 28.7. The number of anilines is 2. The minimum Gasteiger partial charge on any atom is -0.459 e. The summed E-state index contributed by atoms with van der Waals surface area (Å²) in [6, 6.07) is 4.80. The second-order valence-electron chi connectivity index (χ2n) is 5.70. The first kappa shape index (κ1) is 14.2. The van der Waals surface area contributed by atoms with Crippen molar-refractivity contribution in [2.75, 3.05) is 31.3 Å². The Morgan fingerprint density at radius 1 is 1.33 bits per heavy atom. The number of ether oxygens (including phenoxy) is 3. The fourth-order valence-electron chi connectivity index (χ4n) is 2.93. The van der Waals surface area contributed by atoms with Crippen LogP contribution >= 0.6 is 0 Å². The number of carbonyl (C=O) groups excluding carboxylic acids is 1. The summed E-state index contributed by atoms with van der Waals surface area (Å²) in [4.78, 5) is 12.2. The predicted octanol–water partition coefficient (Wildman–Crippen LogP) is 1.35. The van der Waals surface area contributed by atoms with Gasteiger partial charge in [-0.05, 0) is 18.2 Å². The molecular formula is C15H20N2O4. The molecular weight excluding hydrogens is 272 g/mol. The Balaban J connectivity index is 1.67. The van der Waals surface area contributed by atoms with Gasteiger partial charge < -0.3 is 25.7 Å². The van der Waals surface area contributed by atoms with Crippen molar-refractivity contribution in [2.24, 2.45) is 0 Å². The summed E-state index contributed by atoms with van der Waals surface area (Å²) >= 11 is 0. The second-order valence-corrected chi connectivity index (χ2v) is 5.70. The molecule has 1 aromatic rings. The van der Waals surface area contributed by atoms with Gasteiger partial charge in [0.1, 0.15) is 6.10 Å². The van der Waals surface area contributed by atoms with Crippen molar-refractivity contribution in [2.45, 2.75) is 31.0 Å². The lowest BCUT2D eigenvalue weighted by atomic mass is 9.91. The molecule has 3 rings (SSSR count). The molecule has 0 saturated carbocycles. The van der Waals surface area contributed by atoms with E-state index in [2.05, 4.69) is 0 Å². The van der Waals surface area contributed by atoms with Crippen molar-refractivity contribution in [3.8, 4) is 0 Å². The zero-order chi connectivity index (χ0) is 14.9. The molecule has 0 bridgehead atoms. The SMILES string of the molecule is Nc1ccc(C(=O)OC2CCOC3(CCOC3)C2)c(N)c1. The van der Waals surface area contributed by atoms with Gasteiger partial charge in [0, 0.05) is 37.2 Å². The fraction of sp³-hybridized carbons (Fsp3) is 0.533. The maximum Gasteiger partial charge on any atom is 0.340 e. The quantitative estimate of drug-likeness (QED) is 0.631. The summed E-state index contributed by atoms with van der Waals surface area (Å²) < 4.78 is 16.8. The second kappa shape index (κ2) is 5.54. The number of carbonyl (C=O) groups is 1. The van der Waals surface area contributed by atoms with Crippen molar-refractivity contribution >= 4 is 17.3 Å². The maximum absolute atomic E-state index is 12.2. The highest BCUT2D eigenvalue weighted by Crippen LogP contribution is 2.34. The van der Waals surface area contributed by atoms with E-state index in [9.17, 15) is 4.79 Å². The number of hydrogen-bond donors (Lipinski definition) is 2. The van der Waals surface area contributed by atoms with Gasteiger partial charge in [-0.25, -0.2) is 4.79 Å². The van der Waals surface area contributed by atoms with E-state index >= 15 is 0 Å². The lowest BCUT2D eigenvalue weighted by Gasteiger charge is -2.36. The van der Waals surface area contributed by atoms with Crippen LogP contribution in [0.5, 0.6) is 0 Å². The molecule has 1 spiro atoms. The third-order valence-corrected chi connectivity index (χ3v) is 4.08. The number of benzene rings is 1. The molecule has 2 aliphatic heterocycles. The lowest BCUT2D eigenvalue weighted by molar-refractivity contribution is -0.120. The van der Waals surface area contributed by atoms with Crippen LogP contribution in [0.15, 0.2) is 18.2 Å². The lowest BCUT2D eigenvalue weighted by Crippen LogP contribution is -2.43. The Morgan fingerprint density at radius 3 is 2.90 bits per heavy atom. The third kappa shape index (κ3) is 2.96. The summed E-state index contributed by atoms with van der Waals surface area (Å²) in [5, 5.41) is 0. The predicted molar refractivity (Wildman–Crippen MR) is 77.8 cm³/mol. The van der Waals surface area contributed by atoms with Crippen LogP contribution < -0.4 is 11.5 Å². The van der Waals surface area contributed by atoms with Crippen LogP contribution in [0.3, 0.4) is 0 Å². The van der Waals surface area contributed by atoms with Crippen LogP contribution in [0.4, 0.5) is 11.4 Å². The van der Waals surface area contributed by atoms with Crippen molar-refractivity contribution in [3.63, 3.8) is 0 Å².